The normalized spacial score (nSPS) is 11.9. The van der Waals surface area contributed by atoms with Crippen LogP contribution in [0, 0.1) is 5.82 Å². The standard InChI is InChI=1S/C22H23FN2O2S/c1-5-27-21(26)20-19(24-22(28-20)25(3)4)14(2)16-11-12-17(18(23)13-16)15-9-7-6-8-10-15/h6-14H,5H2,1-4H3. The Morgan fingerprint density at radius 1 is 1.21 bits per heavy atom. The summed E-state index contributed by atoms with van der Waals surface area (Å²) in [4.78, 5) is 19.3. The number of benzene rings is 2. The van der Waals surface area contributed by atoms with Gasteiger partial charge in [0.05, 0.1) is 12.3 Å². The zero-order chi connectivity index (χ0) is 20.3. The summed E-state index contributed by atoms with van der Waals surface area (Å²) in [6.45, 7) is 3.99. The van der Waals surface area contributed by atoms with Crippen LogP contribution in [0.5, 0.6) is 0 Å². The molecule has 0 aliphatic carbocycles. The summed E-state index contributed by atoms with van der Waals surface area (Å²) in [5.74, 6) is -0.934. The second-order valence-electron chi connectivity index (χ2n) is 6.65. The summed E-state index contributed by atoms with van der Waals surface area (Å²) in [6.07, 6.45) is 0. The van der Waals surface area contributed by atoms with Gasteiger partial charge in [-0.3, -0.25) is 0 Å². The molecule has 0 aliphatic rings. The first-order valence-electron chi connectivity index (χ1n) is 9.12. The van der Waals surface area contributed by atoms with Crippen molar-refractivity contribution in [2.24, 2.45) is 0 Å². The van der Waals surface area contributed by atoms with Gasteiger partial charge in [-0.25, -0.2) is 14.2 Å². The van der Waals surface area contributed by atoms with E-state index in [2.05, 4.69) is 4.98 Å². The summed E-state index contributed by atoms with van der Waals surface area (Å²) in [7, 11) is 3.74. The highest BCUT2D eigenvalue weighted by atomic mass is 32.1. The first-order valence-corrected chi connectivity index (χ1v) is 9.94. The summed E-state index contributed by atoms with van der Waals surface area (Å²) in [6, 6.07) is 14.6. The number of rotatable bonds is 6. The highest BCUT2D eigenvalue weighted by Crippen LogP contribution is 2.35. The van der Waals surface area contributed by atoms with E-state index in [0.717, 1.165) is 11.1 Å². The number of esters is 1. The highest BCUT2D eigenvalue weighted by molar-refractivity contribution is 7.17. The molecule has 146 valence electrons. The quantitative estimate of drug-likeness (QED) is 0.526. The molecule has 1 atom stereocenters. The molecule has 1 aromatic heterocycles. The van der Waals surface area contributed by atoms with Gasteiger partial charge in [-0.2, -0.15) is 0 Å². The van der Waals surface area contributed by atoms with E-state index in [9.17, 15) is 9.18 Å². The smallest absolute Gasteiger partial charge is 0.350 e. The fourth-order valence-corrected chi connectivity index (χ4v) is 3.94. The molecule has 0 bridgehead atoms. The van der Waals surface area contributed by atoms with E-state index >= 15 is 0 Å². The maximum atomic E-state index is 14.8. The second kappa shape index (κ2) is 8.52. The number of anilines is 1. The molecule has 0 saturated carbocycles. The number of aromatic nitrogens is 1. The molecule has 6 heteroatoms. The van der Waals surface area contributed by atoms with Crippen molar-refractivity contribution in [1.29, 1.82) is 0 Å². The van der Waals surface area contributed by atoms with Crippen molar-refractivity contribution >= 4 is 22.4 Å². The number of carbonyl (C=O) groups excluding carboxylic acids is 1. The van der Waals surface area contributed by atoms with Gasteiger partial charge >= 0.3 is 5.97 Å². The Bertz CT molecular complexity index is 970. The van der Waals surface area contributed by atoms with Crippen molar-refractivity contribution in [2.45, 2.75) is 19.8 Å². The molecule has 2 aromatic carbocycles. The third kappa shape index (κ3) is 4.07. The van der Waals surface area contributed by atoms with Crippen LogP contribution in [0.4, 0.5) is 9.52 Å². The van der Waals surface area contributed by atoms with Crippen LogP contribution >= 0.6 is 11.3 Å². The van der Waals surface area contributed by atoms with Crippen LogP contribution < -0.4 is 4.90 Å². The summed E-state index contributed by atoms with van der Waals surface area (Å²) < 4.78 is 20.0. The van der Waals surface area contributed by atoms with E-state index in [1.54, 1.807) is 13.0 Å². The van der Waals surface area contributed by atoms with Gasteiger partial charge in [0.15, 0.2) is 5.13 Å². The predicted octanol–water partition coefficient (Wildman–Crippen LogP) is 5.34. The molecule has 0 amide bonds. The Hall–Kier alpha value is -2.73. The fourth-order valence-electron chi connectivity index (χ4n) is 2.96. The topological polar surface area (TPSA) is 42.4 Å². The Balaban J connectivity index is 1.99. The van der Waals surface area contributed by atoms with Crippen molar-refractivity contribution < 1.29 is 13.9 Å². The number of carbonyl (C=O) groups is 1. The van der Waals surface area contributed by atoms with Gasteiger partial charge in [0.2, 0.25) is 0 Å². The van der Waals surface area contributed by atoms with Crippen LogP contribution in [0.1, 0.15) is 40.7 Å². The lowest BCUT2D eigenvalue weighted by Gasteiger charge is -2.13. The van der Waals surface area contributed by atoms with E-state index in [-0.39, 0.29) is 11.7 Å². The number of ether oxygens (including phenoxy) is 1. The third-order valence-corrected chi connectivity index (χ3v) is 5.69. The Morgan fingerprint density at radius 2 is 1.93 bits per heavy atom. The molecule has 1 unspecified atom stereocenters. The minimum atomic E-state index is -0.392. The monoisotopic (exact) mass is 398 g/mol. The van der Waals surface area contributed by atoms with Crippen LogP contribution in [-0.4, -0.2) is 31.7 Å². The van der Waals surface area contributed by atoms with E-state index in [1.165, 1.54) is 17.4 Å². The zero-order valence-corrected chi connectivity index (χ0v) is 17.2. The van der Waals surface area contributed by atoms with Gasteiger partial charge in [0, 0.05) is 25.6 Å². The number of hydrogen-bond donors (Lipinski definition) is 0. The summed E-state index contributed by atoms with van der Waals surface area (Å²) in [5.41, 5.74) is 2.75. The van der Waals surface area contributed by atoms with E-state index in [0.29, 0.717) is 27.9 Å². The fraction of sp³-hybridized carbons (Fsp3) is 0.273. The SMILES string of the molecule is CCOC(=O)c1sc(N(C)C)nc1C(C)c1ccc(-c2ccccc2)c(F)c1. The van der Waals surface area contributed by atoms with Crippen LogP contribution in [0.25, 0.3) is 11.1 Å². The van der Waals surface area contributed by atoms with Crippen molar-refractivity contribution in [3.8, 4) is 11.1 Å². The number of thiazole rings is 1. The van der Waals surface area contributed by atoms with Gasteiger partial charge < -0.3 is 9.64 Å². The van der Waals surface area contributed by atoms with Gasteiger partial charge in [-0.15, -0.1) is 0 Å². The Labute approximate surface area is 168 Å². The molecule has 28 heavy (non-hydrogen) atoms. The lowest BCUT2D eigenvalue weighted by atomic mass is 9.94. The van der Waals surface area contributed by atoms with Gasteiger partial charge in [0.25, 0.3) is 0 Å². The molecule has 0 radical (unpaired) electrons. The van der Waals surface area contributed by atoms with Crippen LogP contribution in [0.2, 0.25) is 0 Å². The molecule has 3 aromatic rings. The van der Waals surface area contributed by atoms with Gasteiger partial charge in [-0.1, -0.05) is 60.7 Å². The Morgan fingerprint density at radius 3 is 2.54 bits per heavy atom. The number of hydrogen-bond acceptors (Lipinski definition) is 5. The molecule has 0 fully saturated rings. The Kier molecular flexibility index (Phi) is 6.09. The molecule has 3 rings (SSSR count). The molecule has 4 nitrogen and oxygen atoms in total. The zero-order valence-electron chi connectivity index (χ0n) is 16.4. The predicted molar refractivity (Wildman–Crippen MR) is 112 cm³/mol. The minimum Gasteiger partial charge on any atom is -0.462 e. The van der Waals surface area contributed by atoms with Crippen molar-refractivity contribution in [2.75, 3.05) is 25.6 Å². The molecule has 1 heterocycles. The lowest BCUT2D eigenvalue weighted by Crippen LogP contribution is -2.09. The minimum absolute atomic E-state index is 0.247. The van der Waals surface area contributed by atoms with Crippen LogP contribution in [0.3, 0.4) is 0 Å². The van der Waals surface area contributed by atoms with E-state index < -0.39 is 5.97 Å². The molecule has 0 saturated heterocycles. The number of halogens is 1. The summed E-state index contributed by atoms with van der Waals surface area (Å²) >= 11 is 1.29. The van der Waals surface area contributed by atoms with Crippen LogP contribution in [0.15, 0.2) is 48.5 Å². The summed E-state index contributed by atoms with van der Waals surface area (Å²) in [5, 5.41) is 0.714. The lowest BCUT2D eigenvalue weighted by molar-refractivity contribution is 0.0530. The first-order chi connectivity index (χ1) is 13.4. The van der Waals surface area contributed by atoms with Crippen molar-refractivity contribution in [3.05, 3.63) is 70.5 Å². The highest BCUT2D eigenvalue weighted by Gasteiger charge is 2.25. The maximum Gasteiger partial charge on any atom is 0.350 e. The van der Waals surface area contributed by atoms with Crippen LogP contribution in [-0.2, 0) is 4.74 Å². The van der Waals surface area contributed by atoms with Gasteiger partial charge in [-0.05, 0) is 24.1 Å². The van der Waals surface area contributed by atoms with E-state index in [4.69, 9.17) is 4.74 Å². The second-order valence-corrected chi connectivity index (χ2v) is 7.63. The van der Waals surface area contributed by atoms with Gasteiger partial charge in [0.1, 0.15) is 10.7 Å². The van der Waals surface area contributed by atoms with Crippen molar-refractivity contribution in [1.82, 2.24) is 4.98 Å². The van der Waals surface area contributed by atoms with Crippen molar-refractivity contribution in [3.63, 3.8) is 0 Å². The third-order valence-electron chi connectivity index (χ3n) is 4.47. The molecule has 0 aliphatic heterocycles. The average molecular weight is 399 g/mol. The molecule has 0 N–H and O–H groups in total. The first kappa shape index (κ1) is 20.0. The molecule has 0 spiro atoms. The largest absolute Gasteiger partial charge is 0.462 e. The molecular formula is C22H23FN2O2S. The molecular weight excluding hydrogens is 375 g/mol. The number of nitrogens with zero attached hydrogens (tertiary/aromatic N) is 2. The average Bonchev–Trinajstić information content (AvgIpc) is 3.14. The maximum absolute atomic E-state index is 14.8. The van der Waals surface area contributed by atoms with E-state index in [1.807, 2.05) is 62.3 Å².